The molecule has 4 nitrogen and oxygen atoms in total. The van der Waals surface area contributed by atoms with Crippen LogP contribution in [0.2, 0.25) is 0 Å². The molecule has 0 unspecified atom stereocenters. The summed E-state index contributed by atoms with van der Waals surface area (Å²) >= 11 is 5.83. The molecule has 19 heavy (non-hydrogen) atoms. The Bertz CT molecular complexity index is 510. The summed E-state index contributed by atoms with van der Waals surface area (Å²) < 4.78 is 1.95. The molecule has 0 aliphatic carbocycles. The van der Waals surface area contributed by atoms with Gasteiger partial charge < -0.3 is 5.32 Å². The molecule has 1 aromatic heterocycles. The third-order valence-electron chi connectivity index (χ3n) is 2.89. The van der Waals surface area contributed by atoms with Crippen molar-refractivity contribution in [3.63, 3.8) is 0 Å². The molecule has 0 bridgehead atoms. The lowest BCUT2D eigenvalue weighted by molar-refractivity contribution is 0.542. The van der Waals surface area contributed by atoms with Gasteiger partial charge in [0.15, 0.2) is 0 Å². The molecule has 1 N–H and O–H groups in total. The molecule has 0 fully saturated rings. The fourth-order valence-corrected chi connectivity index (χ4v) is 2.13. The van der Waals surface area contributed by atoms with E-state index in [-0.39, 0.29) is 0 Å². The van der Waals surface area contributed by atoms with E-state index >= 15 is 0 Å². The Morgan fingerprint density at radius 1 is 1.26 bits per heavy atom. The zero-order valence-electron chi connectivity index (χ0n) is 11.1. The smallest absolute Gasteiger partial charge is 0.140 e. The average Bonchev–Trinajstić information content (AvgIpc) is 2.87. The zero-order chi connectivity index (χ0) is 13.5. The molecule has 0 radical (unpaired) electrons. The summed E-state index contributed by atoms with van der Waals surface area (Å²) in [5, 5.41) is 7.59. The predicted molar refractivity (Wildman–Crippen MR) is 76.9 cm³/mol. The number of aryl methyl sites for hydroxylation is 1. The summed E-state index contributed by atoms with van der Waals surface area (Å²) in [6.07, 6.45) is 2.68. The lowest BCUT2D eigenvalue weighted by Gasteiger charge is -2.07. The normalized spacial score (nSPS) is 10.8. The van der Waals surface area contributed by atoms with Crippen LogP contribution in [0.15, 0.2) is 30.6 Å². The van der Waals surface area contributed by atoms with Crippen LogP contribution in [0.3, 0.4) is 0 Å². The maximum atomic E-state index is 5.83. The van der Waals surface area contributed by atoms with Crippen molar-refractivity contribution in [3.8, 4) is 0 Å². The molecule has 0 aliphatic heterocycles. The van der Waals surface area contributed by atoms with Crippen molar-refractivity contribution in [2.45, 2.75) is 38.9 Å². The Labute approximate surface area is 118 Å². The quantitative estimate of drug-likeness (QED) is 0.792. The van der Waals surface area contributed by atoms with Gasteiger partial charge in [0.25, 0.3) is 0 Å². The summed E-state index contributed by atoms with van der Waals surface area (Å²) in [5.74, 6) is 1.54. The molecule has 0 aliphatic rings. The van der Waals surface area contributed by atoms with Crippen LogP contribution in [-0.2, 0) is 25.5 Å². The van der Waals surface area contributed by atoms with Crippen molar-refractivity contribution in [2.24, 2.45) is 0 Å². The first-order chi connectivity index (χ1) is 9.33. The number of hydrogen-bond donors (Lipinski definition) is 1. The van der Waals surface area contributed by atoms with Gasteiger partial charge in [0.1, 0.15) is 12.2 Å². The number of benzene rings is 1. The van der Waals surface area contributed by atoms with Crippen LogP contribution in [0.25, 0.3) is 0 Å². The molecular weight excluding hydrogens is 260 g/mol. The fourth-order valence-electron chi connectivity index (χ4n) is 1.96. The number of nitrogens with zero attached hydrogens (tertiary/aromatic N) is 3. The SMILES string of the molecule is CCCn1ncnc1CNCc1cccc(CCl)c1. The molecule has 102 valence electrons. The number of halogens is 1. The van der Waals surface area contributed by atoms with Gasteiger partial charge in [-0.2, -0.15) is 5.10 Å². The van der Waals surface area contributed by atoms with Crippen molar-refractivity contribution in [2.75, 3.05) is 0 Å². The molecule has 0 atom stereocenters. The third-order valence-corrected chi connectivity index (χ3v) is 3.20. The predicted octanol–water partition coefficient (Wildman–Crippen LogP) is 2.72. The van der Waals surface area contributed by atoms with Gasteiger partial charge >= 0.3 is 0 Å². The van der Waals surface area contributed by atoms with Gasteiger partial charge in [-0.05, 0) is 17.5 Å². The number of nitrogens with one attached hydrogen (secondary N) is 1. The molecule has 0 saturated carbocycles. The minimum absolute atomic E-state index is 0.554. The Morgan fingerprint density at radius 3 is 2.89 bits per heavy atom. The van der Waals surface area contributed by atoms with E-state index in [1.165, 1.54) is 5.56 Å². The average molecular weight is 279 g/mol. The highest BCUT2D eigenvalue weighted by atomic mass is 35.5. The van der Waals surface area contributed by atoms with E-state index in [4.69, 9.17) is 11.6 Å². The first kappa shape index (κ1) is 14.0. The summed E-state index contributed by atoms with van der Waals surface area (Å²) in [4.78, 5) is 4.27. The van der Waals surface area contributed by atoms with Gasteiger partial charge in [-0.25, -0.2) is 9.67 Å². The van der Waals surface area contributed by atoms with Crippen LogP contribution < -0.4 is 5.32 Å². The van der Waals surface area contributed by atoms with Crippen LogP contribution in [0, 0.1) is 0 Å². The van der Waals surface area contributed by atoms with Gasteiger partial charge in [-0.3, -0.25) is 0 Å². The Morgan fingerprint density at radius 2 is 2.11 bits per heavy atom. The number of rotatable bonds is 7. The maximum absolute atomic E-state index is 5.83. The van der Waals surface area contributed by atoms with Gasteiger partial charge in [0.05, 0.1) is 6.54 Å². The highest BCUT2D eigenvalue weighted by Crippen LogP contribution is 2.07. The van der Waals surface area contributed by atoms with Crippen LogP contribution in [0.1, 0.15) is 30.3 Å². The lowest BCUT2D eigenvalue weighted by Crippen LogP contribution is -2.17. The Hall–Kier alpha value is -1.39. The zero-order valence-corrected chi connectivity index (χ0v) is 11.9. The van der Waals surface area contributed by atoms with Crippen LogP contribution in [0.4, 0.5) is 0 Å². The van der Waals surface area contributed by atoms with Gasteiger partial charge in [0, 0.05) is 19.0 Å². The van der Waals surface area contributed by atoms with E-state index in [1.807, 2.05) is 16.8 Å². The van der Waals surface area contributed by atoms with Crippen molar-refractivity contribution in [3.05, 3.63) is 47.5 Å². The standard InChI is InChI=1S/C14H19ClN4/c1-2-6-19-14(17-11-18-19)10-16-9-13-5-3-4-12(7-13)8-15/h3-5,7,11,16H,2,6,8-10H2,1H3. The fraction of sp³-hybridized carbons (Fsp3) is 0.429. The molecule has 0 amide bonds. The molecule has 1 heterocycles. The van der Waals surface area contributed by atoms with Crippen molar-refractivity contribution in [1.29, 1.82) is 0 Å². The van der Waals surface area contributed by atoms with E-state index in [0.717, 1.165) is 37.4 Å². The molecule has 0 spiro atoms. The molecule has 2 rings (SSSR count). The molecule has 0 saturated heterocycles. The summed E-state index contributed by atoms with van der Waals surface area (Å²) in [6.45, 7) is 4.59. The van der Waals surface area contributed by atoms with E-state index in [2.05, 4.69) is 34.5 Å². The first-order valence-electron chi connectivity index (χ1n) is 6.54. The molecule has 1 aromatic carbocycles. The molecule has 5 heteroatoms. The van der Waals surface area contributed by atoms with Crippen molar-refractivity contribution < 1.29 is 0 Å². The molecular formula is C14H19ClN4. The third kappa shape index (κ3) is 4.04. The highest BCUT2D eigenvalue weighted by Gasteiger charge is 2.03. The molecule has 2 aromatic rings. The summed E-state index contributed by atoms with van der Waals surface area (Å²) in [7, 11) is 0. The van der Waals surface area contributed by atoms with E-state index in [1.54, 1.807) is 6.33 Å². The number of hydrogen-bond acceptors (Lipinski definition) is 3. The monoisotopic (exact) mass is 278 g/mol. The van der Waals surface area contributed by atoms with Crippen molar-refractivity contribution >= 4 is 11.6 Å². The maximum Gasteiger partial charge on any atom is 0.140 e. The Balaban J connectivity index is 1.87. The summed E-state index contributed by atoms with van der Waals surface area (Å²) in [5.41, 5.74) is 2.38. The highest BCUT2D eigenvalue weighted by molar-refractivity contribution is 6.17. The van der Waals surface area contributed by atoms with Crippen molar-refractivity contribution in [1.82, 2.24) is 20.1 Å². The minimum Gasteiger partial charge on any atom is -0.306 e. The topological polar surface area (TPSA) is 42.7 Å². The lowest BCUT2D eigenvalue weighted by atomic mass is 10.1. The largest absolute Gasteiger partial charge is 0.306 e. The second-order valence-corrected chi connectivity index (χ2v) is 4.72. The van der Waals surface area contributed by atoms with Gasteiger partial charge in [-0.1, -0.05) is 31.2 Å². The van der Waals surface area contributed by atoms with Crippen LogP contribution >= 0.6 is 11.6 Å². The number of aromatic nitrogens is 3. The second kappa shape index (κ2) is 7.26. The van der Waals surface area contributed by atoms with Gasteiger partial charge in [0.2, 0.25) is 0 Å². The second-order valence-electron chi connectivity index (χ2n) is 4.46. The first-order valence-corrected chi connectivity index (χ1v) is 7.08. The van der Waals surface area contributed by atoms with Crippen LogP contribution in [0.5, 0.6) is 0 Å². The van der Waals surface area contributed by atoms with E-state index in [9.17, 15) is 0 Å². The summed E-state index contributed by atoms with van der Waals surface area (Å²) in [6, 6.07) is 8.29. The Kier molecular flexibility index (Phi) is 5.36. The van der Waals surface area contributed by atoms with Crippen LogP contribution in [-0.4, -0.2) is 14.8 Å². The van der Waals surface area contributed by atoms with E-state index < -0.39 is 0 Å². The number of alkyl halides is 1. The minimum atomic E-state index is 0.554. The van der Waals surface area contributed by atoms with E-state index in [0.29, 0.717) is 5.88 Å². The van der Waals surface area contributed by atoms with Gasteiger partial charge in [-0.15, -0.1) is 11.6 Å².